The number of fused-ring (bicyclic) bond motifs is 1. The monoisotopic (exact) mass is 320 g/mol. The Balaban J connectivity index is 1.45. The summed E-state index contributed by atoms with van der Waals surface area (Å²) in [7, 11) is 0. The third kappa shape index (κ3) is 3.83. The molecule has 0 aromatic heterocycles. The third-order valence-electron chi connectivity index (χ3n) is 4.93. The van der Waals surface area contributed by atoms with Crippen molar-refractivity contribution in [3.63, 3.8) is 0 Å². The van der Waals surface area contributed by atoms with Crippen LogP contribution in [0.5, 0.6) is 0 Å². The quantitative estimate of drug-likeness (QED) is 0.863. The normalized spacial score (nSPS) is 23.7. The Bertz CT molecular complexity index is 564. The van der Waals surface area contributed by atoms with Gasteiger partial charge in [-0.1, -0.05) is 25.8 Å². The number of carbonyl (C=O) groups excluding carboxylic acids is 1. The first-order valence-electron chi connectivity index (χ1n) is 8.60. The lowest BCUT2D eigenvalue weighted by Gasteiger charge is -2.28. The van der Waals surface area contributed by atoms with Gasteiger partial charge in [-0.2, -0.15) is 0 Å². The van der Waals surface area contributed by atoms with Gasteiger partial charge in [0.2, 0.25) is 0 Å². The van der Waals surface area contributed by atoms with Crippen molar-refractivity contribution in [1.29, 1.82) is 0 Å². The largest absolute Gasteiger partial charge is 0.376 e. The van der Waals surface area contributed by atoms with Crippen LogP contribution in [0.4, 0.5) is 14.9 Å². The van der Waals surface area contributed by atoms with E-state index >= 15 is 0 Å². The first-order valence-corrected chi connectivity index (χ1v) is 8.60. The van der Waals surface area contributed by atoms with Crippen LogP contribution in [0.1, 0.15) is 38.2 Å². The van der Waals surface area contributed by atoms with Gasteiger partial charge >= 0.3 is 6.03 Å². The summed E-state index contributed by atoms with van der Waals surface area (Å²) >= 11 is 0. The van der Waals surface area contributed by atoms with Crippen LogP contribution >= 0.6 is 0 Å². The van der Waals surface area contributed by atoms with Crippen LogP contribution in [0.25, 0.3) is 0 Å². The van der Waals surface area contributed by atoms with Crippen molar-refractivity contribution in [3.8, 4) is 0 Å². The van der Waals surface area contributed by atoms with Gasteiger partial charge in [-0.25, -0.2) is 9.18 Å². The van der Waals surface area contributed by atoms with Crippen molar-refractivity contribution in [2.75, 3.05) is 24.6 Å². The van der Waals surface area contributed by atoms with Crippen molar-refractivity contribution in [3.05, 3.63) is 29.6 Å². The minimum Gasteiger partial charge on any atom is -0.376 e. The van der Waals surface area contributed by atoms with Crippen molar-refractivity contribution in [2.24, 2.45) is 5.92 Å². The molecule has 2 atom stereocenters. The van der Waals surface area contributed by atoms with Gasteiger partial charge in [0.1, 0.15) is 5.82 Å². The highest BCUT2D eigenvalue weighted by atomic mass is 19.1. The number of urea groups is 1. The molecule has 3 rings (SSSR count). The third-order valence-corrected chi connectivity index (χ3v) is 4.93. The minimum atomic E-state index is -0.307. The maximum Gasteiger partial charge on any atom is 0.321 e. The summed E-state index contributed by atoms with van der Waals surface area (Å²) in [5.41, 5.74) is 1.71. The Morgan fingerprint density at radius 1 is 1.39 bits per heavy atom. The predicted octanol–water partition coefficient (Wildman–Crippen LogP) is 3.49. The molecule has 1 aromatic carbocycles. The number of halogens is 1. The average molecular weight is 320 g/mol. The van der Waals surface area contributed by atoms with E-state index in [4.69, 9.17) is 4.74 Å². The second kappa shape index (κ2) is 7.30. The molecule has 0 spiro atoms. The SMILES string of the molecule is C[C@@H]1CCCC[C@@H]1OCCNC(=O)N1CCc2ccc(F)cc21. The van der Waals surface area contributed by atoms with Gasteiger partial charge in [-0.3, -0.25) is 4.90 Å². The standard InChI is InChI=1S/C18H25FN2O2/c1-13-4-2-3-5-17(13)23-11-9-20-18(22)21-10-8-14-6-7-15(19)12-16(14)21/h6-7,12-13,17H,2-5,8-11H2,1H3,(H,20,22)/t13-,17+/m1/s1. The Kier molecular flexibility index (Phi) is 5.16. The zero-order valence-electron chi connectivity index (χ0n) is 13.7. The molecule has 2 amide bonds. The summed E-state index contributed by atoms with van der Waals surface area (Å²) in [6.07, 6.45) is 5.97. The Hall–Kier alpha value is -1.62. The van der Waals surface area contributed by atoms with Crippen molar-refractivity contribution < 1.29 is 13.9 Å². The van der Waals surface area contributed by atoms with Crippen LogP contribution in [0.3, 0.4) is 0 Å². The number of benzene rings is 1. The summed E-state index contributed by atoms with van der Waals surface area (Å²) in [5, 5.41) is 2.88. The van der Waals surface area contributed by atoms with E-state index in [0.29, 0.717) is 37.4 Å². The van der Waals surface area contributed by atoms with E-state index in [0.717, 1.165) is 18.4 Å². The molecule has 2 aliphatic rings. The molecule has 23 heavy (non-hydrogen) atoms. The van der Waals surface area contributed by atoms with Crippen LogP contribution in [-0.4, -0.2) is 31.8 Å². The molecular weight excluding hydrogens is 295 g/mol. The molecule has 4 nitrogen and oxygen atoms in total. The first kappa shape index (κ1) is 16.2. The number of hydrogen-bond donors (Lipinski definition) is 1. The average Bonchev–Trinajstić information content (AvgIpc) is 2.96. The molecule has 126 valence electrons. The van der Waals surface area contributed by atoms with E-state index in [1.54, 1.807) is 11.0 Å². The number of rotatable bonds is 4. The lowest BCUT2D eigenvalue weighted by molar-refractivity contribution is -0.00237. The fraction of sp³-hybridized carbons (Fsp3) is 0.611. The molecule has 1 aliphatic heterocycles. The van der Waals surface area contributed by atoms with Crippen molar-refractivity contribution >= 4 is 11.7 Å². The number of carbonyl (C=O) groups is 1. The van der Waals surface area contributed by atoms with Gasteiger partial charge in [0.15, 0.2) is 0 Å². The van der Waals surface area contributed by atoms with E-state index < -0.39 is 0 Å². The molecule has 1 saturated carbocycles. The fourth-order valence-corrected chi connectivity index (χ4v) is 3.56. The smallest absolute Gasteiger partial charge is 0.321 e. The Labute approximate surface area is 137 Å². The van der Waals surface area contributed by atoms with Crippen LogP contribution in [0.2, 0.25) is 0 Å². The van der Waals surface area contributed by atoms with Crippen molar-refractivity contribution in [2.45, 2.75) is 45.1 Å². The second-order valence-electron chi connectivity index (χ2n) is 6.58. The minimum absolute atomic E-state index is 0.172. The summed E-state index contributed by atoms with van der Waals surface area (Å²) in [5.74, 6) is 0.297. The molecule has 1 aromatic rings. The van der Waals surface area contributed by atoms with Gasteiger partial charge in [-0.15, -0.1) is 0 Å². The molecule has 0 bridgehead atoms. The predicted molar refractivity (Wildman–Crippen MR) is 88.2 cm³/mol. The summed E-state index contributed by atoms with van der Waals surface area (Å²) in [4.78, 5) is 13.9. The van der Waals surface area contributed by atoms with Crippen LogP contribution in [0.15, 0.2) is 18.2 Å². The molecule has 1 heterocycles. The maximum absolute atomic E-state index is 13.4. The second-order valence-corrected chi connectivity index (χ2v) is 6.58. The Morgan fingerprint density at radius 2 is 2.22 bits per heavy atom. The molecule has 0 unspecified atom stereocenters. The molecule has 5 heteroatoms. The lowest BCUT2D eigenvalue weighted by Crippen LogP contribution is -2.41. The number of nitrogens with zero attached hydrogens (tertiary/aromatic N) is 1. The van der Waals surface area contributed by atoms with Gasteiger partial charge in [-0.05, 0) is 42.9 Å². The van der Waals surface area contributed by atoms with Gasteiger partial charge in [0.25, 0.3) is 0 Å². The zero-order valence-corrected chi connectivity index (χ0v) is 13.7. The summed E-state index contributed by atoms with van der Waals surface area (Å²) in [6.45, 7) is 3.86. The van der Waals surface area contributed by atoms with Crippen LogP contribution in [-0.2, 0) is 11.2 Å². The summed E-state index contributed by atoms with van der Waals surface area (Å²) in [6, 6.07) is 4.46. The first-order chi connectivity index (χ1) is 11.1. The molecule has 1 fully saturated rings. The van der Waals surface area contributed by atoms with Gasteiger partial charge in [0.05, 0.1) is 18.4 Å². The van der Waals surface area contributed by atoms with E-state index in [-0.39, 0.29) is 11.8 Å². The highest BCUT2D eigenvalue weighted by Gasteiger charge is 2.25. The highest BCUT2D eigenvalue weighted by molar-refractivity contribution is 5.94. The molecule has 1 aliphatic carbocycles. The van der Waals surface area contributed by atoms with E-state index in [1.807, 2.05) is 0 Å². The van der Waals surface area contributed by atoms with Crippen LogP contribution in [0, 0.1) is 11.7 Å². The number of hydrogen-bond acceptors (Lipinski definition) is 2. The Morgan fingerprint density at radius 3 is 3.04 bits per heavy atom. The highest BCUT2D eigenvalue weighted by Crippen LogP contribution is 2.28. The van der Waals surface area contributed by atoms with Crippen LogP contribution < -0.4 is 10.2 Å². The molecule has 0 radical (unpaired) electrons. The molecular formula is C18H25FN2O2. The summed E-state index contributed by atoms with van der Waals surface area (Å²) < 4.78 is 19.3. The number of anilines is 1. The van der Waals surface area contributed by atoms with E-state index in [1.165, 1.54) is 31.4 Å². The number of ether oxygens (including phenoxy) is 1. The number of amides is 2. The zero-order chi connectivity index (χ0) is 16.2. The molecule has 1 N–H and O–H groups in total. The number of nitrogens with one attached hydrogen (secondary N) is 1. The fourth-order valence-electron chi connectivity index (χ4n) is 3.56. The van der Waals surface area contributed by atoms with Crippen molar-refractivity contribution in [1.82, 2.24) is 5.32 Å². The lowest BCUT2D eigenvalue weighted by atomic mass is 9.88. The topological polar surface area (TPSA) is 41.6 Å². The van der Waals surface area contributed by atoms with E-state index in [9.17, 15) is 9.18 Å². The van der Waals surface area contributed by atoms with E-state index in [2.05, 4.69) is 12.2 Å². The van der Waals surface area contributed by atoms with Gasteiger partial charge < -0.3 is 10.1 Å². The molecule has 0 saturated heterocycles. The maximum atomic E-state index is 13.4. The van der Waals surface area contributed by atoms with Gasteiger partial charge in [0, 0.05) is 13.1 Å².